The van der Waals surface area contributed by atoms with E-state index < -0.39 is 0 Å². The van der Waals surface area contributed by atoms with Crippen LogP contribution >= 0.6 is 33.9 Å². The summed E-state index contributed by atoms with van der Waals surface area (Å²) >= 11 is 3.69. The Hall–Kier alpha value is -0.690. The number of fused-ring (bicyclic) bond motifs is 1. The van der Waals surface area contributed by atoms with E-state index in [0.717, 1.165) is 19.4 Å². The van der Waals surface area contributed by atoms with Crippen LogP contribution in [0.25, 0.3) is 10.1 Å². The van der Waals surface area contributed by atoms with Crippen LogP contribution in [-0.4, -0.2) is 17.6 Å². The zero-order valence-corrected chi connectivity index (χ0v) is 13.5. The molecule has 2 rings (SSSR count). The first-order chi connectivity index (χ1) is 8.56. The second-order valence-electron chi connectivity index (χ2n) is 4.20. The number of hydrogen-bond donors (Lipinski definition) is 0. The van der Waals surface area contributed by atoms with Crippen LogP contribution in [0.1, 0.15) is 41.9 Å². The molecule has 0 atom stereocenters. The normalized spacial score (nSPS) is 11.2. The molecule has 0 unspecified atom stereocenters. The first-order valence-electron chi connectivity index (χ1n) is 5.80. The van der Waals surface area contributed by atoms with E-state index in [0.29, 0.717) is 11.5 Å². The number of nitrogens with zero attached hydrogens (tertiary/aromatic N) is 1. The third-order valence-electron chi connectivity index (χ3n) is 2.64. The molecule has 0 aliphatic heterocycles. The molecule has 0 fully saturated rings. The van der Waals surface area contributed by atoms with Gasteiger partial charge >= 0.3 is 5.97 Å². The van der Waals surface area contributed by atoms with Gasteiger partial charge in [-0.1, -0.05) is 13.8 Å². The molecule has 0 aromatic carbocycles. The average molecular weight is 375 g/mol. The number of esters is 1. The van der Waals surface area contributed by atoms with E-state index in [-0.39, 0.29) is 11.9 Å². The number of ether oxygens (including phenoxy) is 1. The van der Waals surface area contributed by atoms with E-state index in [2.05, 4.69) is 41.4 Å². The number of halogens is 1. The fourth-order valence-electron chi connectivity index (χ4n) is 1.93. The first-order valence-corrected chi connectivity index (χ1v) is 7.69. The van der Waals surface area contributed by atoms with E-state index >= 15 is 0 Å². The molecule has 0 aliphatic carbocycles. The van der Waals surface area contributed by atoms with Gasteiger partial charge in [-0.2, -0.15) is 0 Å². The van der Waals surface area contributed by atoms with Crippen molar-refractivity contribution in [2.24, 2.45) is 0 Å². The average Bonchev–Trinajstić information content (AvgIpc) is 2.70. The minimum atomic E-state index is -0.224. The Morgan fingerprint density at radius 1 is 1.56 bits per heavy atom. The summed E-state index contributed by atoms with van der Waals surface area (Å²) in [5, 5.41) is 1.12. The Morgan fingerprint density at radius 2 is 2.28 bits per heavy atom. The highest BCUT2D eigenvalue weighted by Gasteiger charge is 2.22. The Bertz CT molecular complexity index is 592. The van der Waals surface area contributed by atoms with E-state index in [1.807, 2.05) is 13.0 Å². The number of hydrogen-bond acceptors (Lipinski definition) is 4. The number of aromatic nitrogens is 1. The van der Waals surface area contributed by atoms with Gasteiger partial charge in [0.25, 0.3) is 0 Å². The SMILES string of the molecule is CCOC(=O)c1sc2c(I)nccc2c1C(C)C. The molecule has 3 nitrogen and oxygen atoms in total. The number of pyridine rings is 1. The summed E-state index contributed by atoms with van der Waals surface area (Å²) in [5.74, 6) is 0.0644. The molecule has 5 heteroatoms. The molecule has 0 bridgehead atoms. The van der Waals surface area contributed by atoms with Crippen molar-refractivity contribution in [1.82, 2.24) is 4.98 Å². The third kappa shape index (κ3) is 2.38. The molecule has 96 valence electrons. The van der Waals surface area contributed by atoms with E-state index in [9.17, 15) is 4.79 Å². The van der Waals surface area contributed by atoms with E-state index in [1.165, 1.54) is 11.3 Å². The second kappa shape index (κ2) is 5.52. The molecular weight excluding hydrogens is 361 g/mol. The van der Waals surface area contributed by atoms with Crippen molar-refractivity contribution in [3.63, 3.8) is 0 Å². The summed E-state index contributed by atoms with van der Waals surface area (Å²) in [6.07, 6.45) is 1.79. The Balaban J connectivity index is 2.69. The fraction of sp³-hybridized carbons (Fsp3) is 0.385. The van der Waals surface area contributed by atoms with Gasteiger partial charge in [0.15, 0.2) is 0 Å². The van der Waals surface area contributed by atoms with Crippen molar-refractivity contribution in [2.45, 2.75) is 26.7 Å². The minimum Gasteiger partial charge on any atom is -0.462 e. The molecule has 18 heavy (non-hydrogen) atoms. The summed E-state index contributed by atoms with van der Waals surface area (Å²) in [6.45, 7) is 6.42. The van der Waals surface area contributed by atoms with Crippen molar-refractivity contribution >= 4 is 50.0 Å². The molecule has 0 amide bonds. The van der Waals surface area contributed by atoms with E-state index in [4.69, 9.17) is 4.74 Å². The maximum absolute atomic E-state index is 12.0. The Labute approximate surface area is 124 Å². The maximum Gasteiger partial charge on any atom is 0.348 e. The molecule has 0 spiro atoms. The van der Waals surface area contributed by atoms with Gasteiger partial charge in [0.1, 0.15) is 8.58 Å². The number of carbonyl (C=O) groups is 1. The standard InChI is InChI=1S/C13H14INO2S/c1-4-17-13(16)11-9(7(2)3)8-5-6-15-12(14)10(8)18-11/h5-7H,4H2,1-3H3. The molecular formula is C13H14INO2S. The van der Waals surface area contributed by atoms with Gasteiger partial charge in [-0.05, 0) is 47.1 Å². The Morgan fingerprint density at radius 3 is 2.89 bits per heavy atom. The third-order valence-corrected chi connectivity index (χ3v) is 5.03. The predicted molar refractivity (Wildman–Crippen MR) is 82.4 cm³/mol. The highest BCUT2D eigenvalue weighted by Crippen LogP contribution is 2.37. The summed E-state index contributed by atoms with van der Waals surface area (Å²) in [4.78, 5) is 17.0. The lowest BCUT2D eigenvalue weighted by molar-refractivity contribution is 0.0530. The molecule has 0 saturated carbocycles. The van der Waals surface area contributed by atoms with Gasteiger partial charge in [0, 0.05) is 11.6 Å². The van der Waals surface area contributed by atoms with Crippen LogP contribution in [0.4, 0.5) is 0 Å². The lowest BCUT2D eigenvalue weighted by Gasteiger charge is -2.07. The molecule has 0 saturated heterocycles. The van der Waals surface area contributed by atoms with Gasteiger partial charge in [0.2, 0.25) is 0 Å². The zero-order valence-electron chi connectivity index (χ0n) is 10.5. The number of thiophene rings is 1. The smallest absolute Gasteiger partial charge is 0.348 e. The zero-order chi connectivity index (χ0) is 13.3. The van der Waals surface area contributed by atoms with Crippen LogP contribution in [0.3, 0.4) is 0 Å². The quantitative estimate of drug-likeness (QED) is 0.459. The molecule has 2 aromatic heterocycles. The summed E-state index contributed by atoms with van der Waals surface area (Å²) in [5.41, 5.74) is 1.08. The highest BCUT2D eigenvalue weighted by atomic mass is 127. The van der Waals surface area contributed by atoms with Crippen LogP contribution in [0.2, 0.25) is 0 Å². The van der Waals surface area contributed by atoms with Gasteiger partial charge in [-0.3, -0.25) is 0 Å². The number of carbonyl (C=O) groups excluding carboxylic acids is 1. The van der Waals surface area contributed by atoms with Gasteiger partial charge in [-0.15, -0.1) is 11.3 Å². The lowest BCUT2D eigenvalue weighted by Crippen LogP contribution is -2.05. The topological polar surface area (TPSA) is 39.2 Å². The van der Waals surface area contributed by atoms with Crippen LogP contribution in [0, 0.1) is 3.70 Å². The Kier molecular flexibility index (Phi) is 4.21. The van der Waals surface area contributed by atoms with Crippen molar-refractivity contribution < 1.29 is 9.53 Å². The monoisotopic (exact) mass is 375 g/mol. The molecule has 2 heterocycles. The highest BCUT2D eigenvalue weighted by molar-refractivity contribution is 14.1. The van der Waals surface area contributed by atoms with Gasteiger partial charge < -0.3 is 4.74 Å². The maximum atomic E-state index is 12.0. The van der Waals surface area contributed by atoms with Crippen molar-refractivity contribution in [3.8, 4) is 0 Å². The molecule has 0 aliphatic rings. The largest absolute Gasteiger partial charge is 0.462 e. The van der Waals surface area contributed by atoms with Crippen molar-refractivity contribution in [2.75, 3.05) is 6.61 Å². The minimum absolute atomic E-state index is 0.224. The van der Waals surface area contributed by atoms with E-state index in [1.54, 1.807) is 6.20 Å². The van der Waals surface area contributed by atoms with Crippen molar-refractivity contribution in [3.05, 3.63) is 26.4 Å². The summed E-state index contributed by atoms with van der Waals surface area (Å²) in [6, 6.07) is 1.98. The van der Waals surface area contributed by atoms with Crippen LogP contribution in [0.5, 0.6) is 0 Å². The summed E-state index contributed by atoms with van der Waals surface area (Å²) in [7, 11) is 0. The second-order valence-corrected chi connectivity index (χ2v) is 6.24. The van der Waals surface area contributed by atoms with Gasteiger partial charge in [0.05, 0.1) is 11.3 Å². The van der Waals surface area contributed by atoms with Gasteiger partial charge in [-0.25, -0.2) is 9.78 Å². The predicted octanol–water partition coefficient (Wildman–Crippen LogP) is 4.20. The fourth-order valence-corrected chi connectivity index (χ4v) is 3.94. The molecule has 0 N–H and O–H groups in total. The van der Waals surface area contributed by atoms with Crippen LogP contribution < -0.4 is 0 Å². The molecule has 0 radical (unpaired) electrons. The first kappa shape index (κ1) is 13.7. The van der Waals surface area contributed by atoms with Crippen molar-refractivity contribution in [1.29, 1.82) is 0 Å². The van der Waals surface area contributed by atoms with Crippen LogP contribution in [-0.2, 0) is 4.74 Å². The lowest BCUT2D eigenvalue weighted by atomic mass is 10.0. The molecule has 2 aromatic rings. The number of rotatable bonds is 3. The summed E-state index contributed by atoms with van der Waals surface area (Å²) < 4.78 is 7.15. The van der Waals surface area contributed by atoms with Crippen LogP contribution in [0.15, 0.2) is 12.3 Å².